The first kappa shape index (κ1) is 29.8. The van der Waals surface area contributed by atoms with Gasteiger partial charge in [0.25, 0.3) is 11.7 Å². The van der Waals surface area contributed by atoms with E-state index in [9.17, 15) is 0 Å². The largest absolute Gasteiger partial charge is 0.421 e. The van der Waals surface area contributed by atoms with Gasteiger partial charge in [0.2, 0.25) is 0 Å². The Labute approximate surface area is 195 Å². The molecule has 0 radical (unpaired) electrons. The minimum atomic E-state index is 0.581. The van der Waals surface area contributed by atoms with E-state index in [-0.39, 0.29) is 0 Å². The van der Waals surface area contributed by atoms with Gasteiger partial charge in [-0.15, -0.1) is 0 Å². The van der Waals surface area contributed by atoms with Crippen molar-refractivity contribution in [2.75, 3.05) is 52.4 Å². The number of hydrogen-bond donors (Lipinski definition) is 0. The summed E-state index contributed by atoms with van der Waals surface area (Å²) in [7, 11) is 0. The van der Waals surface area contributed by atoms with Crippen LogP contribution in [-0.4, -0.2) is 91.4 Å². The highest BCUT2D eigenvalue weighted by molar-refractivity contribution is 8.03. The third-order valence-corrected chi connectivity index (χ3v) is 5.35. The molecule has 0 bridgehead atoms. The minimum Gasteiger partial charge on any atom is -0.421 e. The highest BCUT2D eigenvalue weighted by atomic mass is 32.1. The smallest absolute Gasteiger partial charge is 0.259 e. The summed E-state index contributed by atoms with van der Waals surface area (Å²) in [6, 6.07) is 0. The molecule has 4 nitrogen and oxygen atoms in total. The molecule has 0 N–H and O–H groups in total. The lowest BCUT2D eigenvalue weighted by Crippen LogP contribution is -2.42. The van der Waals surface area contributed by atoms with Crippen molar-refractivity contribution < 1.29 is 9.15 Å². The Hall–Kier alpha value is -0.440. The molecule has 8 heteroatoms. The lowest BCUT2D eigenvalue weighted by Gasteiger charge is -2.21. The van der Waals surface area contributed by atoms with E-state index in [4.69, 9.17) is 49.7 Å². The van der Waals surface area contributed by atoms with Crippen molar-refractivity contribution in [3.05, 3.63) is 0 Å². The molecular weight excluding hydrogens is 425 g/mol. The highest BCUT2D eigenvalue weighted by Crippen LogP contribution is 1.97. The van der Waals surface area contributed by atoms with Crippen LogP contribution in [0.1, 0.15) is 55.4 Å². The Morgan fingerprint density at radius 1 is 0.571 bits per heavy atom. The Bertz CT molecular complexity index is 476. The first-order valence-corrected chi connectivity index (χ1v) is 12.0. The summed E-state index contributed by atoms with van der Waals surface area (Å²) in [6.07, 6.45) is 0. The van der Waals surface area contributed by atoms with Gasteiger partial charge in [0.15, 0.2) is 0 Å². The Kier molecular flexibility index (Phi) is 18.5. The first-order valence-electron chi connectivity index (χ1n) is 10.4. The number of amidine groups is 2. The number of rotatable bonds is 10. The van der Waals surface area contributed by atoms with E-state index in [2.05, 4.69) is 74.3 Å². The average molecular weight is 465 g/mol. The monoisotopic (exact) mass is 464 g/mol. The average Bonchev–Trinajstić information content (AvgIpc) is 2.68. The van der Waals surface area contributed by atoms with Crippen LogP contribution in [0.25, 0.3) is 0 Å². The van der Waals surface area contributed by atoms with Crippen LogP contribution in [0.5, 0.6) is 0 Å². The zero-order valence-corrected chi connectivity index (χ0v) is 22.3. The molecule has 0 aromatic heterocycles. The molecule has 0 aliphatic rings. The minimum absolute atomic E-state index is 0.581. The van der Waals surface area contributed by atoms with Crippen molar-refractivity contribution in [3.8, 4) is 0 Å². The predicted molar refractivity (Wildman–Crippen MR) is 138 cm³/mol. The topological polar surface area (TPSA) is 12.5 Å². The summed E-state index contributed by atoms with van der Waals surface area (Å²) in [5.41, 5.74) is 0. The van der Waals surface area contributed by atoms with Crippen LogP contribution < -0.4 is 0 Å². The van der Waals surface area contributed by atoms with E-state index < -0.39 is 0 Å². The molecule has 0 rings (SSSR count). The fourth-order valence-electron chi connectivity index (χ4n) is 3.01. The van der Waals surface area contributed by atoms with Crippen molar-refractivity contribution in [2.24, 2.45) is 0 Å². The van der Waals surface area contributed by atoms with E-state index in [1.165, 1.54) is 0 Å². The fourth-order valence-corrected chi connectivity index (χ4v) is 4.04. The van der Waals surface area contributed by atoms with Gasteiger partial charge in [-0.3, -0.25) is 19.0 Å². The molecule has 0 fully saturated rings. The molecule has 0 saturated carbocycles. The van der Waals surface area contributed by atoms with Crippen LogP contribution in [0.4, 0.5) is 0 Å². The van der Waals surface area contributed by atoms with Gasteiger partial charge >= 0.3 is 0 Å². The molecule has 0 atom stereocenters. The maximum absolute atomic E-state index is 5.13. The van der Waals surface area contributed by atoms with Gasteiger partial charge < -0.3 is 49.7 Å². The van der Waals surface area contributed by atoms with Gasteiger partial charge in [0.1, 0.15) is 0 Å². The van der Waals surface area contributed by atoms with E-state index in [0.717, 1.165) is 64.0 Å². The molecule has 0 saturated heterocycles. The second kappa shape index (κ2) is 17.4. The summed E-state index contributed by atoms with van der Waals surface area (Å²) >= 11 is 20.5. The fraction of sp³-hybridized carbons (Fsp3) is 0.800. The van der Waals surface area contributed by atoms with Gasteiger partial charge in [-0.1, -0.05) is 0 Å². The van der Waals surface area contributed by atoms with Crippen LogP contribution in [0, 0.1) is 0 Å². The molecule has 0 heterocycles. The molecule has 0 unspecified atom stereocenters. The summed E-state index contributed by atoms with van der Waals surface area (Å²) < 4.78 is 5.61. The molecule has 0 spiro atoms. The van der Waals surface area contributed by atoms with E-state index in [1.54, 1.807) is 0 Å². The Morgan fingerprint density at radius 2 is 0.786 bits per heavy atom. The lowest BCUT2D eigenvalue weighted by atomic mass is 10.4. The van der Waals surface area contributed by atoms with E-state index >= 15 is 0 Å². The van der Waals surface area contributed by atoms with Gasteiger partial charge in [-0.2, -0.15) is 0 Å². The van der Waals surface area contributed by atoms with Gasteiger partial charge in [-0.25, -0.2) is 0 Å². The van der Waals surface area contributed by atoms with Crippen molar-refractivity contribution in [3.63, 3.8) is 0 Å². The molecule has 0 aliphatic heterocycles. The van der Waals surface area contributed by atoms with E-state index in [0.29, 0.717) is 8.39 Å². The van der Waals surface area contributed by atoms with Gasteiger partial charge in [-0.05, 0) is 63.8 Å². The summed E-state index contributed by atoms with van der Waals surface area (Å²) in [6.45, 7) is 24.7. The number of thiocarbonyl (C=S) groups is 2. The Morgan fingerprint density at radius 3 is 0.893 bits per heavy atom. The van der Waals surface area contributed by atoms with Crippen molar-refractivity contribution in [1.29, 1.82) is 0 Å². The zero-order chi connectivity index (χ0) is 22.3. The van der Waals surface area contributed by atoms with Gasteiger partial charge in [0, 0.05) is 0 Å². The third kappa shape index (κ3) is 9.85. The van der Waals surface area contributed by atoms with Crippen molar-refractivity contribution in [1.82, 2.24) is 9.80 Å². The van der Waals surface area contributed by atoms with Crippen LogP contribution in [-0.2, 0) is 25.3 Å². The second-order valence-electron chi connectivity index (χ2n) is 5.91. The normalized spacial score (nSPS) is 9.71. The quantitative estimate of drug-likeness (QED) is 0.161. The van der Waals surface area contributed by atoms with Crippen LogP contribution in [0.2, 0.25) is 0 Å². The summed E-state index contributed by atoms with van der Waals surface area (Å²) in [5.74, 6) is 2.09. The van der Waals surface area contributed by atoms with Crippen molar-refractivity contribution >= 4 is 69.8 Å². The zero-order valence-electron chi connectivity index (χ0n) is 19.1. The first-order chi connectivity index (χ1) is 13.2. The highest BCUT2D eigenvalue weighted by Gasteiger charge is 2.17. The molecular formula is C20H40N4S4. The van der Waals surface area contributed by atoms with Crippen molar-refractivity contribution in [2.45, 2.75) is 55.4 Å². The second-order valence-corrected chi connectivity index (χ2v) is 8.06. The maximum Gasteiger partial charge on any atom is 0.259 e. The molecule has 0 aromatic carbocycles. The SMILES string of the molecule is CCN(CC)C(C(=S)[S-])=[N+](CC)CC.CCN(CC)C(C(=S)[S-])=[N+](CC)CC. The van der Waals surface area contributed by atoms with Crippen LogP contribution >= 0.6 is 24.4 Å². The Balaban J connectivity index is 0. The summed E-state index contributed by atoms with van der Waals surface area (Å²) in [5, 5.41) is 0. The molecule has 164 valence electrons. The lowest BCUT2D eigenvalue weighted by molar-refractivity contribution is -0.523. The molecule has 28 heavy (non-hydrogen) atoms. The molecule has 0 amide bonds. The maximum atomic E-state index is 5.13. The standard InChI is InChI=1S/2C10H20N2S2/c2*1-5-11(6-2)9(10(13)14)12(7-3)8-4/h2*5-8H2,1-4H3. The number of hydrogen-bond acceptors (Lipinski definition) is 4. The number of nitrogens with zero attached hydrogens (tertiary/aromatic N) is 4. The van der Waals surface area contributed by atoms with Crippen LogP contribution in [0.15, 0.2) is 0 Å². The molecule has 0 aliphatic carbocycles. The van der Waals surface area contributed by atoms with Crippen LogP contribution in [0.3, 0.4) is 0 Å². The van der Waals surface area contributed by atoms with E-state index in [1.807, 2.05) is 0 Å². The molecule has 0 aromatic rings. The van der Waals surface area contributed by atoms with Gasteiger partial charge in [0.05, 0.1) is 52.4 Å². The summed E-state index contributed by atoms with van der Waals surface area (Å²) in [4.78, 5) is 4.45. The third-order valence-electron chi connectivity index (χ3n) is 4.62. The predicted octanol–water partition coefficient (Wildman–Crippen LogP) is 3.31.